The molecule has 0 spiro atoms. The van der Waals surface area contributed by atoms with E-state index >= 15 is 0 Å². The molecular weight excluding hydrogens is 426 g/mol. The van der Waals surface area contributed by atoms with E-state index in [9.17, 15) is 9.90 Å². The van der Waals surface area contributed by atoms with Crippen molar-refractivity contribution in [3.8, 4) is 17.3 Å². The first-order chi connectivity index (χ1) is 13.5. The van der Waals surface area contributed by atoms with Gasteiger partial charge in [-0.25, -0.2) is 14.8 Å². The van der Waals surface area contributed by atoms with E-state index in [1.165, 1.54) is 4.90 Å². The quantitative estimate of drug-likeness (QED) is 0.639. The molecule has 4 rings (SSSR count). The second-order valence-electron chi connectivity index (χ2n) is 6.61. The summed E-state index contributed by atoms with van der Waals surface area (Å²) in [6.07, 6.45) is 1.63. The third-order valence-electron chi connectivity index (χ3n) is 4.86. The molecule has 8 nitrogen and oxygen atoms in total. The van der Waals surface area contributed by atoms with Gasteiger partial charge in [0.15, 0.2) is 0 Å². The Kier molecular flexibility index (Phi) is 5.08. The summed E-state index contributed by atoms with van der Waals surface area (Å²) >= 11 is 3.44. The van der Waals surface area contributed by atoms with Crippen LogP contribution in [-0.2, 0) is 0 Å². The fourth-order valence-electron chi connectivity index (χ4n) is 3.45. The summed E-state index contributed by atoms with van der Waals surface area (Å²) in [4.78, 5) is 27.2. The number of aromatic amines is 1. The molecule has 2 N–H and O–H groups in total. The SMILES string of the molecule is COc1ncc(Br)cc1-c1nc2ccc(N3CCCN(C(=O)O)CC3)cc2[nH]1. The summed E-state index contributed by atoms with van der Waals surface area (Å²) in [5.41, 5.74) is 3.59. The maximum absolute atomic E-state index is 11.2. The highest BCUT2D eigenvalue weighted by Crippen LogP contribution is 2.31. The van der Waals surface area contributed by atoms with E-state index in [2.05, 4.69) is 41.8 Å². The zero-order valence-electron chi connectivity index (χ0n) is 15.4. The number of fused-ring (bicyclic) bond motifs is 1. The molecule has 3 aromatic rings. The van der Waals surface area contributed by atoms with E-state index in [0.717, 1.165) is 39.7 Å². The van der Waals surface area contributed by atoms with Crippen LogP contribution < -0.4 is 9.64 Å². The Morgan fingerprint density at radius 1 is 1.25 bits per heavy atom. The van der Waals surface area contributed by atoms with Gasteiger partial charge in [0, 0.05) is 42.5 Å². The zero-order chi connectivity index (χ0) is 19.7. The van der Waals surface area contributed by atoms with Gasteiger partial charge < -0.3 is 24.6 Å². The lowest BCUT2D eigenvalue weighted by molar-refractivity contribution is 0.148. The van der Waals surface area contributed by atoms with Gasteiger partial charge in [0.05, 0.1) is 23.7 Å². The van der Waals surface area contributed by atoms with Crippen LogP contribution >= 0.6 is 15.9 Å². The lowest BCUT2D eigenvalue weighted by Gasteiger charge is -2.22. The summed E-state index contributed by atoms with van der Waals surface area (Å²) in [7, 11) is 1.58. The summed E-state index contributed by atoms with van der Waals surface area (Å²) in [6.45, 7) is 2.56. The Balaban J connectivity index is 1.64. The molecule has 0 atom stereocenters. The van der Waals surface area contributed by atoms with Gasteiger partial charge in [-0.1, -0.05) is 0 Å². The summed E-state index contributed by atoms with van der Waals surface area (Å²) < 4.78 is 6.20. The van der Waals surface area contributed by atoms with Crippen LogP contribution in [0.25, 0.3) is 22.4 Å². The van der Waals surface area contributed by atoms with Gasteiger partial charge in [0.25, 0.3) is 0 Å². The fraction of sp³-hybridized carbons (Fsp3) is 0.316. The zero-order valence-corrected chi connectivity index (χ0v) is 16.9. The van der Waals surface area contributed by atoms with Crippen molar-refractivity contribution in [3.63, 3.8) is 0 Å². The minimum atomic E-state index is -0.855. The van der Waals surface area contributed by atoms with Crippen molar-refractivity contribution in [2.24, 2.45) is 0 Å². The molecule has 2 aromatic heterocycles. The van der Waals surface area contributed by atoms with Gasteiger partial charge in [-0.2, -0.15) is 0 Å². The number of nitrogens with one attached hydrogen (secondary N) is 1. The molecule has 1 saturated heterocycles. The van der Waals surface area contributed by atoms with Crippen LogP contribution in [0.4, 0.5) is 10.5 Å². The van der Waals surface area contributed by atoms with Gasteiger partial charge in [-0.05, 0) is 46.6 Å². The summed E-state index contributed by atoms with van der Waals surface area (Å²) in [6, 6.07) is 7.97. The number of carboxylic acid groups (broad SMARTS) is 1. The van der Waals surface area contributed by atoms with Crippen LogP contribution in [0.5, 0.6) is 5.88 Å². The molecule has 0 radical (unpaired) electrons. The molecular formula is C19H20BrN5O3. The molecule has 28 heavy (non-hydrogen) atoms. The number of hydrogen-bond acceptors (Lipinski definition) is 5. The molecule has 9 heteroatoms. The molecule has 146 valence electrons. The van der Waals surface area contributed by atoms with E-state index < -0.39 is 6.09 Å². The predicted octanol–water partition coefficient (Wildman–Crippen LogP) is 3.59. The normalized spacial score (nSPS) is 14.9. The lowest BCUT2D eigenvalue weighted by atomic mass is 10.2. The average Bonchev–Trinajstić information content (AvgIpc) is 2.95. The number of carbonyl (C=O) groups is 1. The van der Waals surface area contributed by atoms with E-state index in [4.69, 9.17) is 4.74 Å². The maximum atomic E-state index is 11.2. The number of amides is 1. The minimum Gasteiger partial charge on any atom is -0.480 e. The Morgan fingerprint density at radius 2 is 2.11 bits per heavy atom. The van der Waals surface area contributed by atoms with Crippen molar-refractivity contribution < 1.29 is 14.6 Å². The van der Waals surface area contributed by atoms with Gasteiger partial charge in [-0.15, -0.1) is 0 Å². The van der Waals surface area contributed by atoms with Crippen molar-refractivity contribution >= 4 is 38.7 Å². The fourth-order valence-corrected chi connectivity index (χ4v) is 3.78. The highest BCUT2D eigenvalue weighted by atomic mass is 79.9. The first-order valence-corrected chi connectivity index (χ1v) is 9.77. The van der Waals surface area contributed by atoms with E-state index in [-0.39, 0.29) is 0 Å². The van der Waals surface area contributed by atoms with E-state index in [1.807, 2.05) is 18.2 Å². The topological polar surface area (TPSA) is 94.6 Å². The number of H-pyrrole nitrogens is 1. The number of ether oxygens (including phenoxy) is 1. The van der Waals surface area contributed by atoms with Crippen LogP contribution in [0, 0.1) is 0 Å². The van der Waals surface area contributed by atoms with Gasteiger partial charge in [0.2, 0.25) is 5.88 Å². The third kappa shape index (κ3) is 3.62. The largest absolute Gasteiger partial charge is 0.480 e. The van der Waals surface area contributed by atoms with Crippen LogP contribution in [0.1, 0.15) is 6.42 Å². The smallest absolute Gasteiger partial charge is 0.407 e. The maximum Gasteiger partial charge on any atom is 0.407 e. The highest BCUT2D eigenvalue weighted by Gasteiger charge is 2.19. The number of hydrogen-bond donors (Lipinski definition) is 2. The monoisotopic (exact) mass is 445 g/mol. The third-order valence-corrected chi connectivity index (χ3v) is 5.30. The number of aromatic nitrogens is 3. The average molecular weight is 446 g/mol. The molecule has 1 amide bonds. The van der Waals surface area contributed by atoms with Crippen LogP contribution in [0.15, 0.2) is 34.9 Å². The highest BCUT2D eigenvalue weighted by molar-refractivity contribution is 9.10. The first-order valence-electron chi connectivity index (χ1n) is 8.97. The Bertz CT molecular complexity index is 1020. The molecule has 0 bridgehead atoms. The molecule has 1 aliphatic rings. The number of anilines is 1. The Labute approximate surface area is 170 Å². The summed E-state index contributed by atoms with van der Waals surface area (Å²) in [5, 5.41) is 9.21. The number of imidazole rings is 1. The number of pyridine rings is 1. The first kappa shape index (κ1) is 18.5. The molecule has 1 aromatic carbocycles. The number of benzene rings is 1. The minimum absolute atomic E-state index is 0.502. The van der Waals surface area contributed by atoms with Crippen LogP contribution in [-0.4, -0.2) is 64.3 Å². The molecule has 0 aliphatic carbocycles. The van der Waals surface area contributed by atoms with E-state index in [0.29, 0.717) is 31.3 Å². The predicted molar refractivity (Wildman–Crippen MR) is 110 cm³/mol. The second kappa shape index (κ2) is 7.67. The van der Waals surface area contributed by atoms with E-state index in [1.54, 1.807) is 13.3 Å². The molecule has 0 saturated carbocycles. The molecule has 3 heterocycles. The molecule has 1 fully saturated rings. The van der Waals surface area contributed by atoms with Crippen molar-refractivity contribution in [2.45, 2.75) is 6.42 Å². The molecule has 1 aliphatic heterocycles. The standard InChI is InChI=1S/C19H20BrN5O3/c1-28-18-14(9-12(20)11-21-18)17-22-15-4-3-13(10-16(15)23-17)24-5-2-6-25(8-7-24)19(26)27/h3-4,9-11H,2,5-8H2,1H3,(H,22,23)(H,26,27). The van der Waals surface area contributed by atoms with Crippen molar-refractivity contribution in [1.29, 1.82) is 0 Å². The van der Waals surface area contributed by atoms with Gasteiger partial charge in [0.1, 0.15) is 5.82 Å². The van der Waals surface area contributed by atoms with Crippen molar-refractivity contribution in [1.82, 2.24) is 19.9 Å². The number of rotatable bonds is 3. The number of halogens is 1. The Hall–Kier alpha value is -2.81. The van der Waals surface area contributed by atoms with Gasteiger partial charge >= 0.3 is 6.09 Å². The number of nitrogens with zero attached hydrogens (tertiary/aromatic N) is 4. The Morgan fingerprint density at radius 3 is 2.89 bits per heavy atom. The van der Waals surface area contributed by atoms with Crippen LogP contribution in [0.2, 0.25) is 0 Å². The second-order valence-corrected chi connectivity index (χ2v) is 7.52. The van der Waals surface area contributed by atoms with Crippen molar-refractivity contribution in [2.75, 3.05) is 38.2 Å². The molecule has 0 unspecified atom stereocenters. The van der Waals surface area contributed by atoms with Crippen LogP contribution in [0.3, 0.4) is 0 Å². The lowest BCUT2D eigenvalue weighted by Crippen LogP contribution is -2.34. The summed E-state index contributed by atoms with van der Waals surface area (Å²) in [5.74, 6) is 1.19. The van der Waals surface area contributed by atoms with Gasteiger partial charge in [-0.3, -0.25) is 0 Å². The number of methoxy groups -OCH3 is 1. The van der Waals surface area contributed by atoms with Crippen molar-refractivity contribution in [3.05, 3.63) is 34.9 Å².